The first kappa shape index (κ1) is 25.4. The summed E-state index contributed by atoms with van der Waals surface area (Å²) in [5.74, 6) is 1.81. The maximum Gasteiger partial charge on any atom is 0.255 e. The second kappa shape index (κ2) is 11.8. The molecule has 0 saturated heterocycles. The second-order valence-electron chi connectivity index (χ2n) is 8.58. The van der Waals surface area contributed by atoms with Gasteiger partial charge in [-0.1, -0.05) is 67.0 Å². The number of anilines is 1. The number of rotatable bonds is 10. The number of amides is 1. The monoisotopic (exact) mass is 522 g/mol. The Hall–Kier alpha value is -4.30. The van der Waals surface area contributed by atoms with Crippen LogP contribution in [0.5, 0.6) is 11.5 Å². The molecule has 0 saturated carbocycles. The average molecular weight is 523 g/mol. The summed E-state index contributed by atoms with van der Waals surface area (Å²) >= 11 is 6.45. The Morgan fingerprint density at radius 1 is 1.00 bits per heavy atom. The summed E-state index contributed by atoms with van der Waals surface area (Å²) in [6.45, 7) is 3.07. The van der Waals surface area contributed by atoms with Crippen molar-refractivity contribution in [2.75, 3.05) is 18.4 Å². The third-order valence-corrected chi connectivity index (χ3v) is 6.34. The van der Waals surface area contributed by atoms with Crippen molar-refractivity contribution in [1.29, 1.82) is 0 Å². The number of fused-ring (bicyclic) bond motifs is 1. The van der Waals surface area contributed by atoms with Gasteiger partial charge in [0.15, 0.2) is 12.9 Å². The van der Waals surface area contributed by atoms with Crippen LogP contribution in [0.3, 0.4) is 0 Å². The van der Waals surface area contributed by atoms with Crippen molar-refractivity contribution in [3.05, 3.63) is 102 Å². The van der Waals surface area contributed by atoms with E-state index in [-0.39, 0.29) is 5.91 Å². The molecule has 38 heavy (non-hydrogen) atoms. The van der Waals surface area contributed by atoms with E-state index in [2.05, 4.69) is 15.7 Å². The fourth-order valence-electron chi connectivity index (χ4n) is 4.08. The van der Waals surface area contributed by atoms with Gasteiger partial charge in [-0.3, -0.25) is 4.79 Å². The number of carbonyl (C=O) groups is 1. The molecule has 2 heterocycles. The number of aromatic nitrogens is 3. The van der Waals surface area contributed by atoms with Crippen molar-refractivity contribution in [2.45, 2.75) is 13.2 Å². The van der Waals surface area contributed by atoms with Crippen LogP contribution in [0.15, 0.2) is 91.1 Å². The molecule has 0 unspecified atom stereocenters. The first-order valence-electron chi connectivity index (χ1n) is 12.4. The number of hydrogen-bond acceptors (Lipinski definition) is 5. The van der Waals surface area contributed by atoms with Gasteiger partial charge >= 0.3 is 0 Å². The maximum atomic E-state index is 12.9. The molecule has 0 fully saturated rings. The molecule has 0 aliphatic carbocycles. The predicted octanol–water partition coefficient (Wildman–Crippen LogP) is 5.45. The van der Waals surface area contributed by atoms with Crippen LogP contribution in [-0.2, 0) is 0 Å². The zero-order valence-electron chi connectivity index (χ0n) is 20.9. The lowest BCUT2D eigenvalue weighted by molar-refractivity contribution is 0.0951. The van der Waals surface area contributed by atoms with Gasteiger partial charge < -0.3 is 15.4 Å². The number of nitrogens with zero attached hydrogens (tertiary/aromatic N) is 3. The van der Waals surface area contributed by atoms with Crippen molar-refractivity contribution < 1.29 is 9.53 Å². The largest absolute Gasteiger partial charge is 0.457 e. The van der Waals surface area contributed by atoms with Gasteiger partial charge in [-0.25, -0.2) is 4.98 Å². The van der Waals surface area contributed by atoms with Crippen LogP contribution in [0.1, 0.15) is 16.8 Å². The molecular formula is C29H26BClN5O2. The minimum absolute atomic E-state index is 0.181. The lowest BCUT2D eigenvalue weighted by Gasteiger charge is -2.13. The predicted molar refractivity (Wildman–Crippen MR) is 153 cm³/mol. The van der Waals surface area contributed by atoms with Crippen LogP contribution < -0.4 is 20.8 Å². The van der Waals surface area contributed by atoms with Crippen LogP contribution in [0, 0.1) is 0 Å². The highest BCUT2D eigenvalue weighted by Gasteiger charge is 2.15. The normalized spacial score (nSPS) is 10.8. The standard InChI is InChI=1S/C29H26BClN5O2/c1-30-23-19-34-36-27(18-25(35-28(23)36)21-12-5-7-14-24(21)31)32-16-9-17-33-29(37)22-13-6-8-15-26(22)38-20-10-3-2-4-11-20/h2-8,10-15,18-19,32H,9,16-17H2,1H3,(H,33,37). The zero-order chi connectivity index (χ0) is 26.3. The van der Waals surface area contributed by atoms with Gasteiger partial charge in [-0.05, 0) is 42.2 Å². The first-order chi connectivity index (χ1) is 18.6. The molecule has 3 aromatic carbocycles. The summed E-state index contributed by atoms with van der Waals surface area (Å²) in [4.78, 5) is 17.7. The molecule has 9 heteroatoms. The summed E-state index contributed by atoms with van der Waals surface area (Å²) in [6, 6.07) is 26.2. The van der Waals surface area contributed by atoms with Crippen LogP contribution in [0.2, 0.25) is 11.8 Å². The number of carbonyl (C=O) groups excluding carboxylic acids is 1. The Morgan fingerprint density at radius 2 is 1.76 bits per heavy atom. The molecule has 0 atom stereocenters. The van der Waals surface area contributed by atoms with Crippen LogP contribution in [-0.4, -0.2) is 40.9 Å². The zero-order valence-corrected chi connectivity index (χ0v) is 21.7. The maximum absolute atomic E-state index is 12.9. The summed E-state index contributed by atoms with van der Waals surface area (Å²) < 4.78 is 7.71. The number of para-hydroxylation sites is 2. The highest BCUT2D eigenvalue weighted by molar-refractivity contribution is 6.54. The lowest BCUT2D eigenvalue weighted by Crippen LogP contribution is -2.26. The molecule has 189 valence electrons. The second-order valence-corrected chi connectivity index (χ2v) is 8.99. The van der Waals surface area contributed by atoms with Crippen LogP contribution in [0.4, 0.5) is 5.82 Å². The number of hydrogen-bond donors (Lipinski definition) is 2. The van der Waals surface area contributed by atoms with Gasteiger partial charge in [-0.2, -0.15) is 9.61 Å². The fraction of sp³-hybridized carbons (Fsp3) is 0.138. The fourth-order valence-corrected chi connectivity index (χ4v) is 4.31. The Kier molecular flexibility index (Phi) is 7.90. The van der Waals surface area contributed by atoms with Crippen molar-refractivity contribution >= 4 is 41.7 Å². The molecule has 2 aromatic heterocycles. The van der Waals surface area contributed by atoms with Crippen LogP contribution >= 0.6 is 11.6 Å². The van der Waals surface area contributed by atoms with Crippen LogP contribution in [0.25, 0.3) is 16.9 Å². The minimum atomic E-state index is -0.181. The molecule has 1 radical (unpaired) electrons. The Labute approximate surface area is 227 Å². The Balaban J connectivity index is 1.24. The highest BCUT2D eigenvalue weighted by Crippen LogP contribution is 2.28. The molecule has 0 spiro atoms. The van der Waals surface area contributed by atoms with Crippen molar-refractivity contribution in [3.8, 4) is 22.8 Å². The first-order valence-corrected chi connectivity index (χ1v) is 12.8. The van der Waals surface area contributed by atoms with Gasteiger partial charge in [-0.15, -0.1) is 0 Å². The number of ether oxygens (including phenoxy) is 1. The van der Waals surface area contributed by atoms with Crippen molar-refractivity contribution in [2.24, 2.45) is 0 Å². The summed E-state index contributed by atoms with van der Waals surface area (Å²) in [5.41, 5.74) is 3.79. The topological polar surface area (TPSA) is 80.5 Å². The number of nitrogens with one attached hydrogen (secondary N) is 2. The average Bonchev–Trinajstić information content (AvgIpc) is 3.37. The molecule has 7 nitrogen and oxygen atoms in total. The number of halogens is 1. The minimum Gasteiger partial charge on any atom is -0.457 e. The number of benzene rings is 3. The molecule has 5 aromatic rings. The van der Waals surface area contributed by atoms with E-state index in [0.717, 1.165) is 28.2 Å². The van der Waals surface area contributed by atoms with E-state index < -0.39 is 0 Å². The summed E-state index contributed by atoms with van der Waals surface area (Å²) in [6.07, 6.45) is 2.49. The molecule has 0 bridgehead atoms. The van der Waals surface area contributed by atoms with Gasteiger partial charge in [0.25, 0.3) is 5.91 Å². The molecule has 1 amide bonds. The van der Waals surface area contributed by atoms with E-state index in [1.54, 1.807) is 22.8 Å². The van der Waals surface area contributed by atoms with E-state index in [1.165, 1.54) is 0 Å². The van der Waals surface area contributed by atoms with E-state index in [4.69, 9.17) is 21.3 Å². The van der Waals surface area contributed by atoms with Gasteiger partial charge in [0.1, 0.15) is 17.3 Å². The molecule has 5 rings (SSSR count). The lowest BCUT2D eigenvalue weighted by atomic mass is 9.75. The Morgan fingerprint density at radius 3 is 2.58 bits per heavy atom. The van der Waals surface area contributed by atoms with Gasteiger partial charge in [0.2, 0.25) is 0 Å². The quantitative estimate of drug-likeness (QED) is 0.188. The van der Waals surface area contributed by atoms with E-state index in [0.29, 0.717) is 41.6 Å². The third-order valence-electron chi connectivity index (χ3n) is 6.01. The molecular weight excluding hydrogens is 497 g/mol. The molecule has 0 aliphatic heterocycles. The SMILES string of the molecule is C[B]c1cnn2c(NCCCNC(=O)c3ccccc3Oc3ccccc3)cc(-c3ccccc3Cl)nc12. The van der Waals surface area contributed by atoms with E-state index >= 15 is 0 Å². The Bertz CT molecular complexity index is 1560. The van der Waals surface area contributed by atoms with Crippen molar-refractivity contribution in [3.63, 3.8) is 0 Å². The summed E-state index contributed by atoms with van der Waals surface area (Å²) in [5, 5.41) is 11.6. The van der Waals surface area contributed by atoms with E-state index in [9.17, 15) is 4.79 Å². The smallest absolute Gasteiger partial charge is 0.255 e. The van der Waals surface area contributed by atoms with Gasteiger partial charge in [0.05, 0.1) is 11.3 Å². The summed E-state index contributed by atoms with van der Waals surface area (Å²) in [7, 11) is 1.98. The van der Waals surface area contributed by atoms with Crippen molar-refractivity contribution in [1.82, 2.24) is 19.9 Å². The molecule has 0 aliphatic rings. The van der Waals surface area contributed by atoms with E-state index in [1.807, 2.05) is 86.9 Å². The molecule has 2 N–H and O–H groups in total. The van der Waals surface area contributed by atoms with Gasteiger partial charge in [0, 0.05) is 35.9 Å². The highest BCUT2D eigenvalue weighted by atomic mass is 35.5. The third kappa shape index (κ3) is 5.65.